The Hall–Kier alpha value is -2.97. The molecule has 2 N–H and O–H groups in total. The van der Waals surface area contributed by atoms with Gasteiger partial charge in [-0.15, -0.1) is 0 Å². The van der Waals surface area contributed by atoms with Gasteiger partial charge in [0.1, 0.15) is 0 Å². The molecule has 0 aromatic carbocycles. The molecule has 3 aromatic heterocycles. The number of H-pyrrole nitrogens is 2. The van der Waals surface area contributed by atoms with Crippen molar-refractivity contribution < 1.29 is 4.79 Å². The van der Waals surface area contributed by atoms with Gasteiger partial charge in [0.15, 0.2) is 11.3 Å². The van der Waals surface area contributed by atoms with E-state index in [4.69, 9.17) is 0 Å². The number of aromatic nitrogens is 6. The number of carbonyl (C=O) groups is 1. The van der Waals surface area contributed by atoms with Gasteiger partial charge in [0, 0.05) is 23.9 Å². The third-order valence-electron chi connectivity index (χ3n) is 4.61. The fraction of sp³-hybridized carbons (Fsp3) is 0.400. The van der Waals surface area contributed by atoms with Gasteiger partial charge < -0.3 is 4.90 Å². The number of fused-ring (bicyclic) bond motifs is 1. The highest BCUT2D eigenvalue weighted by atomic mass is 16.2. The number of rotatable bonds is 2. The van der Waals surface area contributed by atoms with E-state index in [0.717, 1.165) is 18.5 Å². The minimum Gasteiger partial charge on any atom is -0.329 e. The van der Waals surface area contributed by atoms with Crippen LogP contribution in [-0.4, -0.2) is 47.4 Å². The predicted octanol–water partition coefficient (Wildman–Crippen LogP) is 0.735. The molecular weight excluding hydrogens is 310 g/mol. The summed E-state index contributed by atoms with van der Waals surface area (Å²) in [7, 11) is 0. The number of likely N-dealkylation sites (tertiary alicyclic amines) is 1. The molecule has 0 saturated carbocycles. The van der Waals surface area contributed by atoms with Gasteiger partial charge in [0.25, 0.3) is 11.5 Å². The van der Waals surface area contributed by atoms with Crippen LogP contribution in [0.5, 0.6) is 0 Å². The second-order valence-electron chi connectivity index (χ2n) is 6.04. The Balaban J connectivity index is 1.75. The topological polar surface area (TPSA) is 112 Å². The maximum Gasteiger partial charge on any atom is 0.276 e. The minimum atomic E-state index is -0.169. The van der Waals surface area contributed by atoms with Crippen molar-refractivity contribution in [2.75, 3.05) is 6.54 Å². The largest absolute Gasteiger partial charge is 0.329 e. The molecule has 1 aliphatic heterocycles. The Morgan fingerprint density at radius 3 is 2.96 bits per heavy atom. The van der Waals surface area contributed by atoms with Crippen molar-refractivity contribution >= 4 is 11.6 Å². The van der Waals surface area contributed by atoms with E-state index in [1.54, 1.807) is 11.8 Å². The molecule has 9 nitrogen and oxygen atoms in total. The molecule has 1 saturated heterocycles. The van der Waals surface area contributed by atoms with E-state index in [1.807, 2.05) is 13.0 Å². The molecule has 3 aromatic rings. The first-order valence-electron chi connectivity index (χ1n) is 7.82. The number of nitrogens with one attached hydrogen (secondary N) is 2. The molecule has 0 radical (unpaired) electrons. The van der Waals surface area contributed by atoms with Crippen molar-refractivity contribution in [2.24, 2.45) is 0 Å². The van der Waals surface area contributed by atoms with Gasteiger partial charge in [-0.3, -0.25) is 14.7 Å². The first kappa shape index (κ1) is 14.6. The molecule has 124 valence electrons. The zero-order chi connectivity index (χ0) is 16.8. The van der Waals surface area contributed by atoms with E-state index in [2.05, 4.69) is 25.5 Å². The Kier molecular flexibility index (Phi) is 3.22. The first-order valence-corrected chi connectivity index (χ1v) is 7.82. The standard InChI is InChI=1S/C15H17N7O2/c1-8-9(2)17-13-6-10(19-22(13)14(8)23)12-4-3-5-21(12)15(24)11-7-16-20-18-11/h6-7,12,19H,3-5H2,1-2H3,(H,16,18,20)/t12-/m0/s1. The van der Waals surface area contributed by atoms with E-state index in [0.29, 0.717) is 29.1 Å². The second-order valence-corrected chi connectivity index (χ2v) is 6.04. The van der Waals surface area contributed by atoms with E-state index in [-0.39, 0.29) is 17.5 Å². The van der Waals surface area contributed by atoms with Crippen LogP contribution in [0.2, 0.25) is 0 Å². The van der Waals surface area contributed by atoms with Crippen LogP contribution in [-0.2, 0) is 0 Å². The Morgan fingerprint density at radius 2 is 2.21 bits per heavy atom. The SMILES string of the molecule is Cc1nc2cc([C@@H]3CCCN3C(=O)c3cn[nH]n3)[nH]n2c(=O)c1C. The highest BCUT2D eigenvalue weighted by Crippen LogP contribution is 2.32. The zero-order valence-corrected chi connectivity index (χ0v) is 13.4. The maximum absolute atomic E-state index is 12.6. The lowest BCUT2D eigenvalue weighted by Gasteiger charge is -2.22. The molecule has 1 amide bonds. The minimum absolute atomic E-state index is 0.115. The van der Waals surface area contributed by atoms with Gasteiger partial charge in [-0.05, 0) is 26.7 Å². The van der Waals surface area contributed by atoms with Crippen LogP contribution in [0, 0.1) is 13.8 Å². The van der Waals surface area contributed by atoms with Crippen molar-refractivity contribution in [1.82, 2.24) is 34.9 Å². The molecule has 4 rings (SSSR count). The summed E-state index contributed by atoms with van der Waals surface area (Å²) < 4.78 is 1.44. The summed E-state index contributed by atoms with van der Waals surface area (Å²) in [5, 5.41) is 13.1. The van der Waals surface area contributed by atoms with Crippen molar-refractivity contribution in [3.8, 4) is 0 Å². The number of amides is 1. The van der Waals surface area contributed by atoms with Crippen LogP contribution >= 0.6 is 0 Å². The first-order chi connectivity index (χ1) is 11.6. The fourth-order valence-corrected chi connectivity index (χ4v) is 3.19. The third-order valence-corrected chi connectivity index (χ3v) is 4.61. The predicted molar refractivity (Wildman–Crippen MR) is 84.7 cm³/mol. The van der Waals surface area contributed by atoms with Crippen molar-refractivity contribution in [2.45, 2.75) is 32.7 Å². The summed E-state index contributed by atoms with van der Waals surface area (Å²) in [5.74, 6) is -0.169. The molecule has 1 aliphatic rings. The number of hydrogen-bond acceptors (Lipinski definition) is 5. The Labute approximate surface area is 136 Å². The maximum atomic E-state index is 12.6. The van der Waals surface area contributed by atoms with Crippen LogP contribution in [0.25, 0.3) is 5.65 Å². The molecule has 0 spiro atoms. The van der Waals surface area contributed by atoms with Crippen molar-refractivity contribution in [3.63, 3.8) is 0 Å². The summed E-state index contributed by atoms with van der Waals surface area (Å²) >= 11 is 0. The molecular formula is C15H17N7O2. The zero-order valence-electron chi connectivity index (χ0n) is 13.4. The van der Waals surface area contributed by atoms with Gasteiger partial charge in [0.05, 0.1) is 17.9 Å². The number of aryl methyl sites for hydroxylation is 1. The quantitative estimate of drug-likeness (QED) is 0.721. The lowest BCUT2D eigenvalue weighted by Crippen LogP contribution is -2.31. The monoisotopic (exact) mass is 327 g/mol. The van der Waals surface area contributed by atoms with Gasteiger partial charge in [-0.25, -0.2) is 9.50 Å². The van der Waals surface area contributed by atoms with E-state index >= 15 is 0 Å². The number of hydrogen-bond donors (Lipinski definition) is 2. The summed E-state index contributed by atoms with van der Waals surface area (Å²) in [4.78, 5) is 31.2. The van der Waals surface area contributed by atoms with Crippen LogP contribution in [0.15, 0.2) is 17.1 Å². The van der Waals surface area contributed by atoms with Gasteiger partial charge in [0.2, 0.25) is 0 Å². The summed E-state index contributed by atoms with van der Waals surface area (Å²) in [5.41, 5.74) is 2.88. The Bertz CT molecular complexity index is 970. The normalized spacial score (nSPS) is 17.8. The molecule has 1 fully saturated rings. The smallest absolute Gasteiger partial charge is 0.276 e. The number of aromatic amines is 2. The van der Waals surface area contributed by atoms with E-state index in [1.165, 1.54) is 10.7 Å². The Morgan fingerprint density at radius 1 is 1.38 bits per heavy atom. The molecule has 0 unspecified atom stereocenters. The second kappa shape index (κ2) is 5.29. The molecule has 0 bridgehead atoms. The molecule has 9 heteroatoms. The van der Waals surface area contributed by atoms with Gasteiger partial charge in [-0.2, -0.15) is 15.4 Å². The van der Waals surface area contributed by atoms with Crippen LogP contribution < -0.4 is 5.56 Å². The average molecular weight is 327 g/mol. The summed E-state index contributed by atoms with van der Waals surface area (Å²) in [6.07, 6.45) is 3.13. The van der Waals surface area contributed by atoms with Gasteiger partial charge in [-0.1, -0.05) is 0 Å². The van der Waals surface area contributed by atoms with Crippen LogP contribution in [0.4, 0.5) is 0 Å². The van der Waals surface area contributed by atoms with E-state index < -0.39 is 0 Å². The van der Waals surface area contributed by atoms with Crippen LogP contribution in [0.1, 0.15) is 46.3 Å². The fourth-order valence-electron chi connectivity index (χ4n) is 3.19. The molecule has 24 heavy (non-hydrogen) atoms. The van der Waals surface area contributed by atoms with Crippen molar-refractivity contribution in [1.29, 1.82) is 0 Å². The molecule has 4 heterocycles. The number of nitrogens with zero attached hydrogens (tertiary/aromatic N) is 5. The lowest BCUT2D eigenvalue weighted by molar-refractivity contribution is 0.0726. The lowest BCUT2D eigenvalue weighted by atomic mass is 10.1. The third kappa shape index (κ3) is 2.12. The highest BCUT2D eigenvalue weighted by Gasteiger charge is 2.33. The van der Waals surface area contributed by atoms with Crippen molar-refractivity contribution in [3.05, 3.63) is 45.3 Å². The van der Waals surface area contributed by atoms with E-state index in [9.17, 15) is 9.59 Å². The van der Waals surface area contributed by atoms with Gasteiger partial charge >= 0.3 is 0 Å². The molecule has 1 atom stereocenters. The summed E-state index contributed by atoms with van der Waals surface area (Å²) in [6.45, 7) is 4.22. The van der Waals surface area contributed by atoms with Crippen LogP contribution in [0.3, 0.4) is 0 Å². The summed E-state index contributed by atoms with van der Waals surface area (Å²) in [6, 6.07) is 1.71. The number of carbonyl (C=O) groups excluding carboxylic acids is 1. The highest BCUT2D eigenvalue weighted by molar-refractivity contribution is 5.92. The molecule has 0 aliphatic carbocycles. The average Bonchev–Trinajstić information content (AvgIpc) is 3.30.